The molecule has 0 aliphatic heterocycles. The molecule has 6 heteroatoms. The largest absolute Gasteiger partial charge is 0.457 e. The quantitative estimate of drug-likeness (QED) is 0.341. The molecule has 1 aromatic heterocycles. The van der Waals surface area contributed by atoms with E-state index in [2.05, 4.69) is 10.2 Å². The normalized spacial score (nSPS) is 11.7. The van der Waals surface area contributed by atoms with Gasteiger partial charge in [-0.1, -0.05) is 66.2 Å². The first kappa shape index (κ1) is 24.1. The lowest BCUT2D eigenvalue weighted by atomic mass is 9.90. The van der Waals surface area contributed by atoms with Crippen molar-refractivity contribution in [1.29, 1.82) is 0 Å². The third-order valence-corrected chi connectivity index (χ3v) is 6.14. The Morgan fingerprint density at radius 2 is 1.66 bits per heavy atom. The number of carbonyl (C=O) groups excluding carboxylic acids is 2. The molecule has 35 heavy (non-hydrogen) atoms. The fraction of sp³-hybridized carbons (Fsp3) is 0.207. The van der Waals surface area contributed by atoms with Gasteiger partial charge in [-0.25, -0.2) is 4.79 Å². The first-order chi connectivity index (χ1) is 16.9. The second kappa shape index (κ2) is 10.9. The summed E-state index contributed by atoms with van der Waals surface area (Å²) in [4.78, 5) is 25.4. The van der Waals surface area contributed by atoms with Crippen molar-refractivity contribution in [3.8, 4) is 11.1 Å². The molecule has 6 nitrogen and oxygen atoms in total. The summed E-state index contributed by atoms with van der Waals surface area (Å²) in [5, 5.41) is 6.77. The number of nitrogens with zero attached hydrogens (tertiary/aromatic N) is 1. The van der Waals surface area contributed by atoms with Crippen LogP contribution in [-0.4, -0.2) is 28.5 Å². The molecule has 1 heterocycles. The van der Waals surface area contributed by atoms with Gasteiger partial charge in [0, 0.05) is 24.7 Å². The second-order valence-electron chi connectivity index (χ2n) is 8.75. The van der Waals surface area contributed by atoms with Crippen molar-refractivity contribution in [2.75, 3.05) is 6.54 Å². The van der Waals surface area contributed by atoms with Crippen LogP contribution in [0.3, 0.4) is 0 Å². The molecule has 4 aromatic rings. The Labute approximate surface area is 205 Å². The highest BCUT2D eigenvalue weighted by molar-refractivity contribution is 5.91. The highest BCUT2D eigenvalue weighted by Gasteiger charge is 2.19. The van der Waals surface area contributed by atoms with Gasteiger partial charge in [0.05, 0.1) is 17.7 Å². The molecule has 3 aromatic carbocycles. The SMILES string of the molecule is Cc1ccc(C(=O)OCc2ccc(C(CN)C(=O)Cc3ccc(-c4cn[nH]c4)cc3)cc2)c(C)c1. The summed E-state index contributed by atoms with van der Waals surface area (Å²) in [5.74, 6) is -0.673. The van der Waals surface area contributed by atoms with E-state index in [1.54, 1.807) is 12.3 Å². The lowest BCUT2D eigenvalue weighted by Crippen LogP contribution is -2.23. The molecule has 0 saturated carbocycles. The van der Waals surface area contributed by atoms with Crippen molar-refractivity contribution in [2.45, 2.75) is 32.8 Å². The number of esters is 1. The number of aromatic amines is 1. The number of carbonyl (C=O) groups is 2. The maximum Gasteiger partial charge on any atom is 0.338 e. The summed E-state index contributed by atoms with van der Waals surface area (Å²) in [6, 6.07) is 21.1. The van der Waals surface area contributed by atoms with Crippen LogP contribution >= 0.6 is 0 Å². The van der Waals surface area contributed by atoms with E-state index in [-0.39, 0.29) is 24.9 Å². The van der Waals surface area contributed by atoms with E-state index in [4.69, 9.17) is 10.5 Å². The predicted octanol–water partition coefficient (Wildman–Crippen LogP) is 4.90. The molecule has 0 amide bonds. The van der Waals surface area contributed by atoms with Crippen molar-refractivity contribution < 1.29 is 14.3 Å². The molecule has 0 bridgehead atoms. The van der Waals surface area contributed by atoms with E-state index in [1.807, 2.05) is 80.7 Å². The smallest absolute Gasteiger partial charge is 0.338 e. The van der Waals surface area contributed by atoms with Crippen LogP contribution in [0.2, 0.25) is 0 Å². The molecule has 1 atom stereocenters. The third kappa shape index (κ3) is 5.91. The lowest BCUT2D eigenvalue weighted by Gasteiger charge is -2.15. The lowest BCUT2D eigenvalue weighted by molar-refractivity contribution is -0.119. The number of aromatic nitrogens is 2. The fourth-order valence-electron chi connectivity index (χ4n) is 4.12. The van der Waals surface area contributed by atoms with Crippen LogP contribution < -0.4 is 5.73 Å². The monoisotopic (exact) mass is 467 g/mol. The second-order valence-corrected chi connectivity index (χ2v) is 8.75. The molecule has 0 aliphatic rings. The van der Waals surface area contributed by atoms with Gasteiger partial charge >= 0.3 is 5.97 Å². The van der Waals surface area contributed by atoms with E-state index >= 15 is 0 Å². The number of nitrogens with two attached hydrogens (primary N) is 1. The maximum atomic E-state index is 13.0. The molecule has 4 rings (SSSR count). The number of hydrogen-bond acceptors (Lipinski definition) is 5. The molecular formula is C29H29N3O3. The highest BCUT2D eigenvalue weighted by Crippen LogP contribution is 2.22. The summed E-state index contributed by atoms with van der Waals surface area (Å²) in [5.41, 5.74) is 13.2. The minimum Gasteiger partial charge on any atom is -0.457 e. The molecule has 178 valence electrons. The first-order valence-electron chi connectivity index (χ1n) is 11.6. The zero-order valence-electron chi connectivity index (χ0n) is 20.0. The topological polar surface area (TPSA) is 98.1 Å². The number of ether oxygens (including phenoxy) is 1. The summed E-state index contributed by atoms with van der Waals surface area (Å²) in [7, 11) is 0. The first-order valence-corrected chi connectivity index (χ1v) is 11.6. The Kier molecular flexibility index (Phi) is 7.53. The molecule has 0 fully saturated rings. The minimum atomic E-state index is -0.393. The average molecular weight is 468 g/mol. The summed E-state index contributed by atoms with van der Waals surface area (Å²) in [6.45, 7) is 4.28. The minimum absolute atomic E-state index is 0.0672. The van der Waals surface area contributed by atoms with E-state index in [0.29, 0.717) is 12.0 Å². The molecule has 1 unspecified atom stereocenters. The Hall–Kier alpha value is -4.03. The van der Waals surface area contributed by atoms with Crippen molar-refractivity contribution in [2.24, 2.45) is 5.73 Å². The highest BCUT2D eigenvalue weighted by atomic mass is 16.5. The Bertz CT molecular complexity index is 1290. The van der Waals surface area contributed by atoms with Gasteiger partial charge < -0.3 is 10.5 Å². The zero-order chi connectivity index (χ0) is 24.8. The van der Waals surface area contributed by atoms with E-state index in [1.165, 1.54) is 0 Å². The number of H-pyrrole nitrogens is 1. The number of Topliss-reactive ketones (excluding diaryl/α,β-unsaturated/α-hetero) is 1. The van der Waals surface area contributed by atoms with Crippen molar-refractivity contribution in [3.63, 3.8) is 0 Å². The molecule has 0 spiro atoms. The van der Waals surface area contributed by atoms with Crippen molar-refractivity contribution in [3.05, 3.63) is 113 Å². The summed E-state index contributed by atoms with van der Waals surface area (Å²) < 4.78 is 5.49. The molecule has 0 aliphatic carbocycles. The van der Waals surface area contributed by atoms with Crippen LogP contribution in [0.4, 0.5) is 0 Å². The van der Waals surface area contributed by atoms with Crippen LogP contribution in [0.5, 0.6) is 0 Å². The Morgan fingerprint density at radius 3 is 2.29 bits per heavy atom. The average Bonchev–Trinajstić information content (AvgIpc) is 3.39. The molecule has 3 N–H and O–H groups in total. The van der Waals surface area contributed by atoms with Gasteiger partial charge in [-0.2, -0.15) is 5.10 Å². The predicted molar refractivity (Wildman–Crippen MR) is 136 cm³/mol. The number of rotatable bonds is 9. The van der Waals surface area contributed by atoms with Gasteiger partial charge in [0.15, 0.2) is 0 Å². The number of hydrogen-bond donors (Lipinski definition) is 2. The van der Waals surface area contributed by atoms with Crippen LogP contribution in [-0.2, 0) is 22.6 Å². The van der Waals surface area contributed by atoms with Crippen molar-refractivity contribution in [1.82, 2.24) is 10.2 Å². The van der Waals surface area contributed by atoms with Crippen molar-refractivity contribution >= 4 is 11.8 Å². The Morgan fingerprint density at radius 1 is 0.943 bits per heavy atom. The number of benzene rings is 3. The van der Waals surface area contributed by atoms with Gasteiger partial charge in [-0.3, -0.25) is 9.89 Å². The van der Waals surface area contributed by atoms with Crippen LogP contribution in [0.15, 0.2) is 79.1 Å². The van der Waals surface area contributed by atoms with Gasteiger partial charge in [-0.15, -0.1) is 0 Å². The van der Waals surface area contributed by atoms with E-state index < -0.39 is 5.92 Å². The number of nitrogens with one attached hydrogen (secondary N) is 1. The molecule has 0 radical (unpaired) electrons. The number of aryl methyl sites for hydroxylation is 2. The fourth-order valence-corrected chi connectivity index (χ4v) is 4.12. The van der Waals surface area contributed by atoms with Gasteiger partial charge in [-0.05, 0) is 47.7 Å². The van der Waals surface area contributed by atoms with Gasteiger partial charge in [0.1, 0.15) is 12.4 Å². The molecular weight excluding hydrogens is 438 g/mol. The van der Waals surface area contributed by atoms with Gasteiger partial charge in [0.25, 0.3) is 0 Å². The summed E-state index contributed by atoms with van der Waals surface area (Å²) in [6.07, 6.45) is 3.90. The maximum absolute atomic E-state index is 13.0. The molecule has 0 saturated heterocycles. The van der Waals surface area contributed by atoms with Crippen LogP contribution in [0.25, 0.3) is 11.1 Å². The summed E-state index contributed by atoms with van der Waals surface area (Å²) >= 11 is 0. The van der Waals surface area contributed by atoms with E-state index in [0.717, 1.165) is 38.9 Å². The third-order valence-electron chi connectivity index (χ3n) is 6.14. The standard InChI is InChI=1S/C29H29N3O3/c1-19-3-12-26(20(2)13-19)29(34)35-18-22-6-10-24(11-7-22)27(15-30)28(33)14-21-4-8-23(9-5-21)25-16-31-32-17-25/h3-13,16-17,27H,14-15,18,30H2,1-2H3,(H,31,32). The number of ketones is 1. The Balaban J connectivity index is 1.36. The van der Waals surface area contributed by atoms with Gasteiger partial charge in [0.2, 0.25) is 0 Å². The van der Waals surface area contributed by atoms with Crippen LogP contribution in [0, 0.1) is 13.8 Å². The van der Waals surface area contributed by atoms with Crippen LogP contribution in [0.1, 0.15) is 44.1 Å². The van der Waals surface area contributed by atoms with E-state index in [9.17, 15) is 9.59 Å². The zero-order valence-corrected chi connectivity index (χ0v) is 20.0.